The molecule has 0 spiro atoms. The molecule has 7 nitrogen and oxygen atoms in total. The summed E-state index contributed by atoms with van der Waals surface area (Å²) < 4.78 is 0. The van der Waals surface area contributed by atoms with Gasteiger partial charge in [-0.1, -0.05) is 36.4 Å². The number of piperidine rings is 1. The number of likely N-dealkylation sites (tertiary alicyclic amines) is 1. The number of benzene rings is 2. The number of anilines is 1. The van der Waals surface area contributed by atoms with Gasteiger partial charge in [0.2, 0.25) is 0 Å². The van der Waals surface area contributed by atoms with Crippen molar-refractivity contribution in [2.45, 2.75) is 18.8 Å². The number of fused-ring (bicyclic) bond motifs is 1. The first-order chi connectivity index (χ1) is 13.3. The van der Waals surface area contributed by atoms with E-state index in [-0.39, 0.29) is 6.03 Å². The summed E-state index contributed by atoms with van der Waals surface area (Å²) in [6.45, 7) is 3.63. The molecule has 0 saturated carbocycles. The van der Waals surface area contributed by atoms with Crippen molar-refractivity contribution < 1.29 is 4.79 Å². The number of rotatable bonds is 5. The van der Waals surface area contributed by atoms with Gasteiger partial charge in [0.1, 0.15) is 11.0 Å². The molecule has 0 aliphatic carbocycles. The Balaban J connectivity index is 1.20. The van der Waals surface area contributed by atoms with E-state index < -0.39 is 0 Å². The molecule has 3 aromatic rings. The quantitative estimate of drug-likeness (QED) is 0.650. The first-order valence-electron chi connectivity index (χ1n) is 9.41. The molecule has 27 heavy (non-hydrogen) atoms. The van der Waals surface area contributed by atoms with Crippen molar-refractivity contribution in [1.82, 2.24) is 25.6 Å². The van der Waals surface area contributed by atoms with Crippen molar-refractivity contribution in [3.63, 3.8) is 0 Å². The summed E-state index contributed by atoms with van der Waals surface area (Å²) in [5.74, 6) is 0.654. The summed E-state index contributed by atoms with van der Waals surface area (Å²) in [5.41, 5.74) is 3.49. The lowest BCUT2D eigenvalue weighted by Crippen LogP contribution is -2.40. The zero-order valence-corrected chi connectivity index (χ0v) is 15.2. The van der Waals surface area contributed by atoms with Crippen molar-refractivity contribution in [3.05, 3.63) is 54.1 Å². The Morgan fingerprint density at radius 2 is 1.89 bits per heavy atom. The lowest BCUT2D eigenvalue weighted by atomic mass is 9.89. The SMILES string of the molecule is O=C(NCCN1CCC(c2ccccc2)CC1)Nc1cccc2n[nH]nc12. The van der Waals surface area contributed by atoms with Crippen LogP contribution in [0.5, 0.6) is 0 Å². The highest BCUT2D eigenvalue weighted by Crippen LogP contribution is 2.27. The highest BCUT2D eigenvalue weighted by molar-refractivity contribution is 5.98. The van der Waals surface area contributed by atoms with Crippen molar-refractivity contribution in [2.24, 2.45) is 0 Å². The van der Waals surface area contributed by atoms with Gasteiger partial charge in [0.25, 0.3) is 0 Å². The van der Waals surface area contributed by atoms with Gasteiger partial charge in [-0.3, -0.25) is 0 Å². The number of aromatic amines is 1. The van der Waals surface area contributed by atoms with Crippen LogP contribution in [-0.4, -0.2) is 52.5 Å². The van der Waals surface area contributed by atoms with E-state index in [4.69, 9.17) is 0 Å². The molecule has 0 atom stereocenters. The fourth-order valence-corrected chi connectivity index (χ4v) is 3.68. The largest absolute Gasteiger partial charge is 0.337 e. The Kier molecular flexibility index (Phi) is 5.29. The molecule has 0 radical (unpaired) electrons. The van der Waals surface area contributed by atoms with Gasteiger partial charge < -0.3 is 15.5 Å². The zero-order valence-electron chi connectivity index (χ0n) is 15.2. The number of amides is 2. The fourth-order valence-electron chi connectivity index (χ4n) is 3.68. The number of para-hydroxylation sites is 1. The van der Waals surface area contributed by atoms with Crippen LogP contribution in [0.2, 0.25) is 0 Å². The maximum atomic E-state index is 12.2. The Hall–Kier alpha value is -2.93. The summed E-state index contributed by atoms with van der Waals surface area (Å²) in [6, 6.07) is 16.0. The number of nitrogens with zero attached hydrogens (tertiary/aromatic N) is 3. The topological polar surface area (TPSA) is 85.9 Å². The van der Waals surface area contributed by atoms with Crippen molar-refractivity contribution in [1.29, 1.82) is 0 Å². The smallest absolute Gasteiger partial charge is 0.319 e. The maximum absolute atomic E-state index is 12.2. The summed E-state index contributed by atoms with van der Waals surface area (Å²) in [6.07, 6.45) is 2.34. The van der Waals surface area contributed by atoms with Gasteiger partial charge in [0.15, 0.2) is 0 Å². The average Bonchev–Trinajstić information content (AvgIpc) is 3.19. The number of nitrogens with one attached hydrogen (secondary N) is 3. The molecule has 140 valence electrons. The molecular formula is C20H24N6O. The van der Waals surface area contributed by atoms with Gasteiger partial charge in [-0.2, -0.15) is 15.4 Å². The predicted molar refractivity (Wildman–Crippen MR) is 106 cm³/mol. The third-order valence-electron chi connectivity index (χ3n) is 5.17. The summed E-state index contributed by atoms with van der Waals surface area (Å²) in [4.78, 5) is 14.6. The van der Waals surface area contributed by atoms with E-state index in [2.05, 4.69) is 61.3 Å². The molecule has 1 saturated heterocycles. The minimum atomic E-state index is -0.218. The van der Waals surface area contributed by atoms with Crippen LogP contribution < -0.4 is 10.6 Å². The van der Waals surface area contributed by atoms with Gasteiger partial charge in [-0.05, 0) is 49.5 Å². The highest BCUT2D eigenvalue weighted by atomic mass is 16.2. The molecule has 7 heteroatoms. The molecule has 4 rings (SSSR count). The van der Waals surface area contributed by atoms with Crippen molar-refractivity contribution in [2.75, 3.05) is 31.5 Å². The standard InChI is InChI=1S/C20H24N6O/c27-20(22-17-7-4-8-18-19(17)24-25-23-18)21-11-14-26-12-9-16(10-13-26)15-5-2-1-3-6-15/h1-8,16H,9-14H2,(H2,21,22,27)(H,23,24,25). The number of hydrogen-bond acceptors (Lipinski definition) is 4. The molecule has 2 heterocycles. The summed E-state index contributed by atoms with van der Waals surface area (Å²) in [7, 11) is 0. The first-order valence-corrected chi connectivity index (χ1v) is 9.41. The molecular weight excluding hydrogens is 340 g/mol. The number of carbonyl (C=O) groups is 1. The summed E-state index contributed by atoms with van der Waals surface area (Å²) >= 11 is 0. The van der Waals surface area contributed by atoms with Gasteiger partial charge in [0.05, 0.1) is 5.69 Å². The van der Waals surface area contributed by atoms with Crippen LogP contribution in [0.25, 0.3) is 11.0 Å². The van der Waals surface area contributed by atoms with E-state index >= 15 is 0 Å². The minimum absolute atomic E-state index is 0.218. The average molecular weight is 364 g/mol. The third-order valence-corrected chi connectivity index (χ3v) is 5.17. The molecule has 1 fully saturated rings. The van der Waals surface area contributed by atoms with E-state index in [1.807, 2.05) is 18.2 Å². The molecule has 1 aromatic heterocycles. The zero-order chi connectivity index (χ0) is 18.5. The van der Waals surface area contributed by atoms with Gasteiger partial charge >= 0.3 is 6.03 Å². The van der Waals surface area contributed by atoms with Crippen LogP contribution in [0.1, 0.15) is 24.3 Å². The number of urea groups is 1. The van der Waals surface area contributed by atoms with E-state index in [0.717, 1.165) is 25.2 Å². The van der Waals surface area contributed by atoms with Crippen LogP contribution in [-0.2, 0) is 0 Å². The lowest BCUT2D eigenvalue weighted by molar-refractivity contribution is 0.211. The highest BCUT2D eigenvalue weighted by Gasteiger charge is 2.20. The molecule has 1 aliphatic heterocycles. The van der Waals surface area contributed by atoms with Crippen molar-refractivity contribution >= 4 is 22.8 Å². The Bertz CT molecular complexity index is 886. The van der Waals surface area contributed by atoms with Crippen LogP contribution >= 0.6 is 0 Å². The van der Waals surface area contributed by atoms with E-state index in [0.29, 0.717) is 23.7 Å². The normalized spacial score (nSPS) is 15.7. The molecule has 1 aliphatic rings. The second kappa shape index (κ2) is 8.18. The Labute approximate surface area is 158 Å². The van der Waals surface area contributed by atoms with Crippen molar-refractivity contribution in [3.8, 4) is 0 Å². The number of aromatic nitrogens is 3. The monoisotopic (exact) mass is 364 g/mol. The second-order valence-electron chi connectivity index (χ2n) is 6.90. The number of carbonyl (C=O) groups excluding carboxylic acids is 1. The number of hydrogen-bond donors (Lipinski definition) is 3. The summed E-state index contributed by atoms with van der Waals surface area (Å²) in [5, 5.41) is 16.4. The third kappa shape index (κ3) is 4.25. The Morgan fingerprint density at radius 1 is 1.07 bits per heavy atom. The number of H-pyrrole nitrogens is 1. The van der Waals surface area contributed by atoms with Crippen LogP contribution in [0.4, 0.5) is 10.5 Å². The van der Waals surface area contributed by atoms with Gasteiger partial charge in [0, 0.05) is 13.1 Å². The lowest BCUT2D eigenvalue weighted by Gasteiger charge is -2.32. The molecule has 3 N–H and O–H groups in total. The van der Waals surface area contributed by atoms with Crippen LogP contribution in [0, 0.1) is 0 Å². The first kappa shape index (κ1) is 17.5. The Morgan fingerprint density at radius 3 is 2.70 bits per heavy atom. The molecule has 2 amide bonds. The fraction of sp³-hybridized carbons (Fsp3) is 0.350. The van der Waals surface area contributed by atoms with E-state index in [1.165, 1.54) is 18.4 Å². The van der Waals surface area contributed by atoms with Gasteiger partial charge in [-0.15, -0.1) is 0 Å². The van der Waals surface area contributed by atoms with Gasteiger partial charge in [-0.25, -0.2) is 4.79 Å². The molecule has 2 aromatic carbocycles. The minimum Gasteiger partial charge on any atom is -0.337 e. The van der Waals surface area contributed by atoms with Crippen LogP contribution in [0.15, 0.2) is 48.5 Å². The van der Waals surface area contributed by atoms with E-state index in [9.17, 15) is 4.79 Å². The maximum Gasteiger partial charge on any atom is 0.319 e. The van der Waals surface area contributed by atoms with Crippen LogP contribution in [0.3, 0.4) is 0 Å². The predicted octanol–water partition coefficient (Wildman–Crippen LogP) is 2.96. The van der Waals surface area contributed by atoms with E-state index in [1.54, 1.807) is 0 Å². The second-order valence-corrected chi connectivity index (χ2v) is 6.90. The molecule has 0 unspecified atom stereocenters. The molecule has 0 bridgehead atoms.